The van der Waals surface area contributed by atoms with E-state index in [1.807, 2.05) is 92.0 Å². The van der Waals surface area contributed by atoms with Gasteiger partial charge >= 0.3 is 5.97 Å². The molecule has 0 N–H and O–H groups in total. The Morgan fingerprint density at radius 3 is 1.80 bits per heavy atom. The summed E-state index contributed by atoms with van der Waals surface area (Å²) in [5.41, 5.74) is 2.01. The molecule has 0 amide bonds. The maximum atomic E-state index is 14.0. The summed E-state index contributed by atoms with van der Waals surface area (Å²) in [6.07, 6.45) is 3.90. The van der Waals surface area contributed by atoms with Gasteiger partial charge in [0.2, 0.25) is 0 Å². The molecule has 1 heterocycles. The molecule has 1 aromatic heterocycles. The molecule has 260 valence electrons. The number of hydrogen-bond donors (Lipinski definition) is 0. The molecule has 0 radical (unpaired) electrons. The first kappa shape index (κ1) is 37.2. The number of carbonyl (C=O) groups is 1. The van der Waals surface area contributed by atoms with Crippen molar-refractivity contribution in [3.63, 3.8) is 0 Å². The normalized spacial score (nSPS) is 12.5. The Labute approximate surface area is 300 Å². The maximum absolute atomic E-state index is 14.0. The zero-order valence-corrected chi connectivity index (χ0v) is 33.4. The van der Waals surface area contributed by atoms with Gasteiger partial charge in [-0.3, -0.25) is 0 Å². The van der Waals surface area contributed by atoms with Crippen LogP contribution in [0.3, 0.4) is 0 Å². The Morgan fingerprint density at radius 2 is 1.30 bits per heavy atom. The zero-order valence-electron chi connectivity index (χ0n) is 30.5. The molecular weight excluding hydrogens is 670 g/mol. The highest BCUT2D eigenvalue weighted by Gasteiger charge is 2.30. The van der Waals surface area contributed by atoms with Crippen LogP contribution in [0.25, 0.3) is 17.5 Å². The molecule has 0 saturated carbocycles. The smallest absolute Gasteiger partial charge is 0.356 e. The number of imidazole rings is 1. The largest absolute Gasteiger partial charge is 0.461 e. The van der Waals surface area contributed by atoms with Gasteiger partial charge in [-0.05, 0) is 24.6 Å². The molecule has 0 fully saturated rings. The van der Waals surface area contributed by atoms with Crippen molar-refractivity contribution in [2.24, 2.45) is 4.74 Å². The highest BCUT2D eigenvalue weighted by Crippen LogP contribution is 2.48. The topological polar surface area (TPSA) is 65.7 Å². The summed E-state index contributed by atoms with van der Waals surface area (Å²) in [4.78, 5) is 19.0. The molecule has 0 aliphatic carbocycles. The third kappa shape index (κ3) is 8.80. The van der Waals surface area contributed by atoms with E-state index in [-0.39, 0.29) is 12.3 Å². The van der Waals surface area contributed by atoms with E-state index < -0.39 is 29.2 Å². The van der Waals surface area contributed by atoms with Crippen molar-refractivity contribution in [1.82, 2.24) is 9.55 Å². The molecule has 0 unspecified atom stereocenters. The lowest BCUT2D eigenvalue weighted by atomic mass is 10.1. The van der Waals surface area contributed by atoms with Crippen LogP contribution in [0.1, 0.15) is 12.5 Å². The summed E-state index contributed by atoms with van der Waals surface area (Å²) in [5.74, 6) is 0.357. The van der Waals surface area contributed by atoms with Gasteiger partial charge < -0.3 is 14.0 Å². The first-order valence-electron chi connectivity index (χ1n) is 17.4. The maximum Gasteiger partial charge on any atom is 0.356 e. The highest BCUT2D eigenvalue weighted by molar-refractivity contribution is 7.87. The van der Waals surface area contributed by atoms with Gasteiger partial charge in [-0.15, -0.1) is 0 Å². The minimum Gasteiger partial charge on any atom is -0.461 e. The van der Waals surface area contributed by atoms with Crippen LogP contribution >= 0.6 is 7.05 Å². The number of hydrogen-bond acceptors (Lipinski definition) is 5. The average Bonchev–Trinajstić information content (AvgIpc) is 3.54. The van der Waals surface area contributed by atoms with Crippen LogP contribution in [0.5, 0.6) is 0 Å². The number of carbonyl (C=O) groups excluding carboxylic acids is 1. The minimum absolute atomic E-state index is 0.236. The van der Waals surface area contributed by atoms with E-state index in [1.165, 1.54) is 5.32 Å². The molecular formula is C41H50N3O3PSi2. The van der Waals surface area contributed by atoms with Crippen LogP contribution in [-0.4, -0.2) is 44.9 Å². The van der Waals surface area contributed by atoms with Gasteiger partial charge in [-0.2, -0.15) is 0 Å². The Balaban J connectivity index is 1.76. The van der Waals surface area contributed by atoms with Crippen LogP contribution in [0.15, 0.2) is 132 Å². The van der Waals surface area contributed by atoms with Crippen molar-refractivity contribution in [1.29, 1.82) is 0 Å². The highest BCUT2D eigenvalue weighted by atomic mass is 31.2. The van der Waals surface area contributed by atoms with Crippen molar-refractivity contribution < 1.29 is 14.3 Å². The third-order valence-corrected chi connectivity index (χ3v) is 15.8. The third-order valence-electron chi connectivity index (χ3n) is 8.47. The van der Waals surface area contributed by atoms with E-state index in [0.29, 0.717) is 6.73 Å². The van der Waals surface area contributed by atoms with Crippen molar-refractivity contribution in [2.45, 2.75) is 59.0 Å². The van der Waals surface area contributed by atoms with Crippen LogP contribution in [0, 0.1) is 0 Å². The van der Waals surface area contributed by atoms with Crippen molar-refractivity contribution in [3.05, 3.63) is 133 Å². The zero-order chi connectivity index (χ0) is 35.8. The fraction of sp³-hybridized carbons (Fsp3) is 0.268. The SMILES string of the molecule is CCOC(=O)/C(=C/c1ccccc1-c1ncc([Si](C)(C)C)n1COCC[Si](C)(C)C)N=P(c1ccccc1)(c1ccccc1)c1ccccc1. The number of benzene rings is 4. The predicted octanol–water partition coefficient (Wildman–Crippen LogP) is 8.49. The summed E-state index contributed by atoms with van der Waals surface area (Å²) < 4.78 is 19.9. The van der Waals surface area contributed by atoms with E-state index in [2.05, 4.69) is 86.3 Å². The molecule has 4 aromatic carbocycles. The van der Waals surface area contributed by atoms with Gasteiger partial charge in [0.05, 0.1) is 13.7 Å². The van der Waals surface area contributed by atoms with Crippen molar-refractivity contribution >= 4 is 56.5 Å². The Hall–Kier alpha value is -4.08. The summed E-state index contributed by atoms with van der Waals surface area (Å²) in [6, 6.07) is 40.2. The molecule has 0 aliphatic heterocycles. The monoisotopic (exact) mass is 719 g/mol. The Morgan fingerprint density at radius 1 is 0.780 bits per heavy atom. The van der Waals surface area contributed by atoms with E-state index in [9.17, 15) is 4.79 Å². The van der Waals surface area contributed by atoms with E-state index in [4.69, 9.17) is 19.2 Å². The molecule has 5 aromatic rings. The van der Waals surface area contributed by atoms with E-state index in [0.717, 1.165) is 45.5 Å². The van der Waals surface area contributed by atoms with Gasteiger partial charge in [0.25, 0.3) is 0 Å². The number of nitrogens with zero attached hydrogens (tertiary/aromatic N) is 3. The second-order valence-corrected chi connectivity index (χ2v) is 28.2. The van der Waals surface area contributed by atoms with Crippen LogP contribution in [-0.2, 0) is 21.0 Å². The lowest BCUT2D eigenvalue weighted by Crippen LogP contribution is -2.43. The first-order valence-corrected chi connectivity index (χ1v) is 26.3. The fourth-order valence-electron chi connectivity index (χ4n) is 5.87. The van der Waals surface area contributed by atoms with Gasteiger partial charge in [0.15, 0.2) is 0 Å². The quantitative estimate of drug-likeness (QED) is 0.0380. The summed E-state index contributed by atoms with van der Waals surface area (Å²) in [5, 5.41) is 4.36. The molecule has 0 aliphatic rings. The van der Waals surface area contributed by atoms with Crippen molar-refractivity contribution in [2.75, 3.05) is 13.2 Å². The minimum atomic E-state index is -2.75. The number of aromatic nitrogens is 2. The number of esters is 1. The molecule has 0 atom stereocenters. The number of ether oxygens (including phenoxy) is 2. The molecule has 6 nitrogen and oxygen atoms in total. The Kier molecular flexibility index (Phi) is 12.1. The summed E-state index contributed by atoms with van der Waals surface area (Å²) in [6.45, 7) is 17.3. The lowest BCUT2D eigenvalue weighted by Gasteiger charge is -2.27. The van der Waals surface area contributed by atoms with Gasteiger partial charge in [0, 0.05) is 47.7 Å². The fourth-order valence-corrected chi connectivity index (χ4v) is 11.6. The van der Waals surface area contributed by atoms with Crippen LogP contribution < -0.4 is 21.2 Å². The first-order chi connectivity index (χ1) is 23.9. The predicted molar refractivity (Wildman–Crippen MR) is 217 cm³/mol. The molecule has 9 heteroatoms. The van der Waals surface area contributed by atoms with Gasteiger partial charge in [-0.25, -0.2) is 14.5 Å². The lowest BCUT2D eigenvalue weighted by molar-refractivity contribution is -0.138. The summed E-state index contributed by atoms with van der Waals surface area (Å²) in [7, 11) is -5.78. The van der Waals surface area contributed by atoms with Gasteiger partial charge in [0.1, 0.15) is 26.3 Å². The standard InChI is InChI=1S/C41H50N3O3PSi2/c1-8-47-41(45)38(43-48(34-21-12-9-13-22-34,35-23-14-10-15-24-35)36-25-16-11-17-26-36)30-33-20-18-19-27-37(33)40-42-31-39(50(5,6)7)44(40)32-46-28-29-49(2,3)4/h9-27,30-31H,8,28-29,32H2,1-7H3/b38-30-. The molecule has 0 spiro atoms. The Bertz CT molecular complexity index is 1860. The van der Waals surface area contributed by atoms with Crippen molar-refractivity contribution in [3.8, 4) is 11.4 Å². The summed E-state index contributed by atoms with van der Waals surface area (Å²) >= 11 is 0. The van der Waals surface area contributed by atoms with Gasteiger partial charge in [-0.1, -0.05) is 155 Å². The molecule has 0 saturated heterocycles. The van der Waals surface area contributed by atoms with Crippen LogP contribution in [0.4, 0.5) is 0 Å². The molecule has 0 bridgehead atoms. The van der Waals surface area contributed by atoms with E-state index in [1.54, 1.807) is 0 Å². The van der Waals surface area contributed by atoms with E-state index >= 15 is 0 Å². The second kappa shape index (κ2) is 16.3. The molecule has 50 heavy (non-hydrogen) atoms. The average molecular weight is 720 g/mol. The second-order valence-electron chi connectivity index (χ2n) is 14.6. The number of rotatable bonds is 14. The van der Waals surface area contributed by atoms with Crippen LogP contribution in [0.2, 0.25) is 45.3 Å². The molecule has 5 rings (SSSR count).